The van der Waals surface area contributed by atoms with Crippen LogP contribution in [-0.4, -0.2) is 49.7 Å². The van der Waals surface area contributed by atoms with Crippen molar-refractivity contribution in [3.05, 3.63) is 23.6 Å². The van der Waals surface area contributed by atoms with E-state index < -0.39 is 0 Å². The molecule has 9 heteroatoms. The molecule has 1 aliphatic heterocycles. The van der Waals surface area contributed by atoms with E-state index in [1.165, 1.54) is 0 Å². The third kappa shape index (κ3) is 4.86. The molecule has 1 saturated heterocycles. The molecule has 1 saturated carbocycles. The number of nitrogens with zero attached hydrogens (tertiary/aromatic N) is 5. The zero-order chi connectivity index (χ0) is 21.5. The van der Waals surface area contributed by atoms with Crippen LogP contribution in [-0.2, 0) is 11.3 Å². The summed E-state index contributed by atoms with van der Waals surface area (Å²) in [6, 6.07) is 0.309. The Kier molecular flexibility index (Phi) is 5.61. The molecule has 0 radical (unpaired) electrons. The summed E-state index contributed by atoms with van der Waals surface area (Å²) in [7, 11) is 0. The van der Waals surface area contributed by atoms with Gasteiger partial charge in [0, 0.05) is 38.8 Å². The zero-order valence-electron chi connectivity index (χ0n) is 18.0. The van der Waals surface area contributed by atoms with Gasteiger partial charge in [0.05, 0.1) is 18.1 Å². The van der Waals surface area contributed by atoms with Crippen LogP contribution in [0.4, 0.5) is 17.5 Å². The molecular formula is C21H30ClN7O. The number of likely N-dealkylation sites (tertiary alicyclic amines) is 1. The van der Waals surface area contributed by atoms with Gasteiger partial charge >= 0.3 is 0 Å². The molecule has 3 heterocycles. The lowest BCUT2D eigenvalue weighted by Crippen LogP contribution is -2.29. The molecule has 0 spiro atoms. The first-order valence-electron chi connectivity index (χ1n) is 10.5. The monoisotopic (exact) mass is 431 g/mol. The summed E-state index contributed by atoms with van der Waals surface area (Å²) < 4.78 is 1.92. The van der Waals surface area contributed by atoms with Gasteiger partial charge in [-0.3, -0.25) is 9.48 Å². The molecule has 4 rings (SSSR count). The molecule has 2 unspecified atom stereocenters. The van der Waals surface area contributed by atoms with Crippen LogP contribution in [0.15, 0.2) is 18.6 Å². The molecule has 1 aliphatic carbocycles. The van der Waals surface area contributed by atoms with Crippen molar-refractivity contribution in [1.82, 2.24) is 24.6 Å². The van der Waals surface area contributed by atoms with E-state index in [9.17, 15) is 4.79 Å². The fourth-order valence-corrected chi connectivity index (χ4v) is 4.67. The molecule has 2 aliphatic rings. The van der Waals surface area contributed by atoms with Crippen LogP contribution in [0.3, 0.4) is 0 Å². The number of carbonyl (C=O) groups is 1. The molecular weight excluding hydrogens is 402 g/mol. The van der Waals surface area contributed by atoms with E-state index in [1.54, 1.807) is 19.3 Å². The predicted molar refractivity (Wildman–Crippen MR) is 118 cm³/mol. The Labute approximate surface area is 182 Å². The smallest absolute Gasteiger partial charge is 0.229 e. The highest BCUT2D eigenvalue weighted by atomic mass is 35.5. The van der Waals surface area contributed by atoms with Gasteiger partial charge in [0.25, 0.3) is 0 Å². The minimum Gasteiger partial charge on any atom is -0.366 e. The highest BCUT2D eigenvalue weighted by Gasteiger charge is 2.41. The lowest BCUT2D eigenvalue weighted by molar-refractivity contribution is -0.128. The van der Waals surface area contributed by atoms with Crippen LogP contribution in [0.2, 0.25) is 5.02 Å². The molecule has 2 aromatic rings. The van der Waals surface area contributed by atoms with Gasteiger partial charge in [0.2, 0.25) is 11.9 Å². The number of halogens is 1. The van der Waals surface area contributed by atoms with Gasteiger partial charge in [0.15, 0.2) is 5.82 Å². The first-order chi connectivity index (χ1) is 14.2. The summed E-state index contributed by atoms with van der Waals surface area (Å²) in [5, 5.41) is 11.6. The minimum atomic E-state index is 0.151. The molecule has 0 aromatic carbocycles. The van der Waals surface area contributed by atoms with Gasteiger partial charge in [-0.25, -0.2) is 4.98 Å². The molecule has 2 N–H and O–H groups in total. The molecule has 0 bridgehead atoms. The van der Waals surface area contributed by atoms with Crippen LogP contribution < -0.4 is 10.6 Å². The van der Waals surface area contributed by atoms with E-state index in [-0.39, 0.29) is 11.3 Å². The number of carbonyl (C=O) groups excluding carboxylic acids is 1. The Morgan fingerprint density at radius 2 is 1.93 bits per heavy atom. The second-order valence-electron chi connectivity index (χ2n) is 9.76. The van der Waals surface area contributed by atoms with Crippen LogP contribution in [0.25, 0.3) is 0 Å². The highest BCUT2D eigenvalue weighted by molar-refractivity contribution is 6.32. The number of hydrogen-bond donors (Lipinski definition) is 2. The van der Waals surface area contributed by atoms with E-state index in [4.69, 9.17) is 11.6 Å². The van der Waals surface area contributed by atoms with Crippen molar-refractivity contribution < 1.29 is 4.79 Å². The summed E-state index contributed by atoms with van der Waals surface area (Å²) in [5.74, 6) is 2.41. The molecule has 162 valence electrons. The van der Waals surface area contributed by atoms with Crippen molar-refractivity contribution in [2.75, 3.05) is 23.7 Å². The summed E-state index contributed by atoms with van der Waals surface area (Å²) >= 11 is 6.36. The van der Waals surface area contributed by atoms with Gasteiger partial charge in [-0.15, -0.1) is 0 Å². The number of aromatic nitrogens is 4. The Balaban J connectivity index is 1.38. The van der Waals surface area contributed by atoms with Crippen molar-refractivity contribution >= 4 is 35.0 Å². The standard InChI is InChI=1S/C21H30ClN7O/c1-13(30)28-9-14-5-16(6-15(14)10-28)25-19-18(22)8-23-20(27-19)26-17-7-24-29(11-17)12-21(2,3)4/h7-8,11,14-16H,5-6,9-10,12H2,1-4H3,(H2,23,25,26,27). The van der Waals surface area contributed by atoms with Gasteiger partial charge < -0.3 is 15.5 Å². The second kappa shape index (κ2) is 8.06. The normalized spacial score (nSPS) is 23.5. The SMILES string of the molecule is CC(=O)N1CC2CC(Nc3nc(Nc4cnn(CC(C)(C)C)c4)ncc3Cl)CC2C1. The summed E-state index contributed by atoms with van der Waals surface area (Å²) in [6.07, 6.45) is 7.39. The van der Waals surface area contributed by atoms with Crippen LogP contribution in [0, 0.1) is 17.3 Å². The average molecular weight is 432 g/mol. The summed E-state index contributed by atoms with van der Waals surface area (Å²) in [5.41, 5.74) is 0.991. The lowest BCUT2D eigenvalue weighted by atomic mass is 9.97. The number of nitrogens with one attached hydrogen (secondary N) is 2. The summed E-state index contributed by atoms with van der Waals surface area (Å²) in [4.78, 5) is 22.5. The van der Waals surface area contributed by atoms with E-state index in [0.717, 1.165) is 38.2 Å². The van der Waals surface area contributed by atoms with Gasteiger partial charge in [-0.2, -0.15) is 10.1 Å². The molecule has 30 heavy (non-hydrogen) atoms. The van der Waals surface area contributed by atoms with Crippen molar-refractivity contribution in [2.24, 2.45) is 17.3 Å². The molecule has 2 atom stereocenters. The van der Waals surface area contributed by atoms with Crippen molar-refractivity contribution in [3.63, 3.8) is 0 Å². The largest absolute Gasteiger partial charge is 0.366 e. The Bertz CT molecular complexity index is 908. The third-order valence-corrected chi connectivity index (χ3v) is 6.08. The van der Waals surface area contributed by atoms with Crippen LogP contribution in [0.5, 0.6) is 0 Å². The molecule has 2 aromatic heterocycles. The fraction of sp³-hybridized carbons (Fsp3) is 0.619. The van der Waals surface area contributed by atoms with Gasteiger partial charge in [-0.1, -0.05) is 32.4 Å². The van der Waals surface area contributed by atoms with Gasteiger partial charge in [0.1, 0.15) is 5.02 Å². The first-order valence-corrected chi connectivity index (χ1v) is 10.9. The van der Waals surface area contributed by atoms with Crippen molar-refractivity contribution in [3.8, 4) is 0 Å². The number of hydrogen-bond acceptors (Lipinski definition) is 6. The number of rotatable bonds is 5. The average Bonchev–Trinajstić information content (AvgIpc) is 3.31. The first kappa shape index (κ1) is 20.9. The Morgan fingerprint density at radius 1 is 1.23 bits per heavy atom. The summed E-state index contributed by atoms with van der Waals surface area (Å²) in [6.45, 7) is 10.7. The highest BCUT2D eigenvalue weighted by Crippen LogP contribution is 2.39. The molecule has 1 amide bonds. The number of fused-ring (bicyclic) bond motifs is 1. The molecule has 2 fully saturated rings. The van der Waals surface area contributed by atoms with E-state index in [2.05, 4.69) is 46.5 Å². The Morgan fingerprint density at radius 3 is 2.57 bits per heavy atom. The van der Waals surface area contributed by atoms with E-state index >= 15 is 0 Å². The zero-order valence-corrected chi connectivity index (χ0v) is 18.8. The van der Waals surface area contributed by atoms with Crippen LogP contribution >= 0.6 is 11.6 Å². The van der Waals surface area contributed by atoms with Crippen molar-refractivity contribution in [1.29, 1.82) is 0 Å². The predicted octanol–water partition coefficient (Wildman–Crippen LogP) is 3.79. The Hall–Kier alpha value is -2.35. The third-order valence-electron chi connectivity index (χ3n) is 5.81. The number of anilines is 3. The number of amides is 1. The van der Waals surface area contributed by atoms with Crippen LogP contribution in [0.1, 0.15) is 40.5 Å². The fourth-order valence-electron chi connectivity index (χ4n) is 4.53. The quantitative estimate of drug-likeness (QED) is 0.748. The van der Waals surface area contributed by atoms with Gasteiger partial charge in [-0.05, 0) is 30.1 Å². The van der Waals surface area contributed by atoms with E-state index in [1.807, 2.05) is 15.8 Å². The maximum absolute atomic E-state index is 11.6. The maximum atomic E-state index is 11.6. The van der Waals surface area contributed by atoms with E-state index in [0.29, 0.717) is 34.7 Å². The minimum absolute atomic E-state index is 0.151. The lowest BCUT2D eigenvalue weighted by Gasteiger charge is -2.19. The molecule has 8 nitrogen and oxygen atoms in total. The topological polar surface area (TPSA) is 88.0 Å². The van der Waals surface area contributed by atoms with Crippen molar-refractivity contribution in [2.45, 2.75) is 53.1 Å². The second-order valence-corrected chi connectivity index (χ2v) is 10.2. The maximum Gasteiger partial charge on any atom is 0.229 e.